The zero-order chi connectivity index (χ0) is 7.90. The van der Waals surface area contributed by atoms with Crippen LogP contribution < -0.4 is 0 Å². The first-order chi connectivity index (χ1) is 5.25. The van der Waals surface area contributed by atoms with E-state index in [2.05, 4.69) is 15.9 Å². The highest BCUT2D eigenvalue weighted by molar-refractivity contribution is 9.09. The molecule has 0 aromatic rings. The Morgan fingerprint density at radius 2 is 2.00 bits per heavy atom. The van der Waals surface area contributed by atoms with Crippen LogP contribution >= 0.6 is 15.9 Å². The molecule has 1 saturated heterocycles. The molecule has 0 aromatic carbocycles. The molecule has 2 aliphatic rings. The molecule has 11 heavy (non-hydrogen) atoms. The van der Waals surface area contributed by atoms with E-state index in [4.69, 9.17) is 9.47 Å². The molecule has 4 heteroatoms. The lowest BCUT2D eigenvalue weighted by molar-refractivity contribution is -0.148. The minimum Gasteiger partial charge on any atom is -0.392 e. The van der Waals surface area contributed by atoms with E-state index >= 15 is 0 Å². The average molecular weight is 223 g/mol. The van der Waals surface area contributed by atoms with Crippen molar-refractivity contribution in [2.75, 3.05) is 13.2 Å². The summed E-state index contributed by atoms with van der Waals surface area (Å²) < 4.78 is 10.9. The molecule has 2 atom stereocenters. The topological polar surface area (TPSA) is 38.7 Å². The molecule has 2 unspecified atom stereocenters. The third kappa shape index (κ3) is 1.13. The van der Waals surface area contributed by atoms with E-state index in [9.17, 15) is 5.11 Å². The van der Waals surface area contributed by atoms with E-state index in [1.54, 1.807) is 0 Å². The Labute approximate surface area is 73.8 Å². The molecule has 1 aliphatic carbocycles. The molecule has 1 N–H and O–H groups in total. The van der Waals surface area contributed by atoms with Crippen LogP contribution in [0.5, 0.6) is 0 Å². The minimum atomic E-state index is -0.514. The van der Waals surface area contributed by atoms with Crippen LogP contribution in [0.3, 0.4) is 0 Å². The molecule has 64 valence electrons. The predicted molar refractivity (Wildman–Crippen MR) is 42.6 cm³/mol. The maximum Gasteiger partial charge on any atom is 0.183 e. The van der Waals surface area contributed by atoms with E-state index in [0.717, 1.165) is 12.8 Å². The molecule has 3 nitrogen and oxygen atoms in total. The zero-order valence-corrected chi connectivity index (χ0v) is 7.71. The maximum absolute atomic E-state index is 9.42. The van der Waals surface area contributed by atoms with Crippen LogP contribution in [0.25, 0.3) is 0 Å². The van der Waals surface area contributed by atoms with Gasteiger partial charge < -0.3 is 14.6 Å². The number of aliphatic hydroxyl groups excluding tert-OH is 1. The van der Waals surface area contributed by atoms with Gasteiger partial charge in [-0.1, -0.05) is 15.9 Å². The van der Waals surface area contributed by atoms with Gasteiger partial charge in [-0.3, -0.25) is 0 Å². The van der Waals surface area contributed by atoms with Crippen molar-refractivity contribution in [3.8, 4) is 0 Å². The van der Waals surface area contributed by atoms with Gasteiger partial charge in [0.25, 0.3) is 0 Å². The average Bonchev–Trinajstić information content (AvgIpc) is 2.56. The molecule has 2 fully saturated rings. The number of rotatable bonds is 0. The summed E-state index contributed by atoms with van der Waals surface area (Å²) in [5, 5.41) is 9.42. The standard InChI is InChI=1S/C7H11BrO3/c8-6-5(9)1-2-7(6)10-3-4-11-7/h5-6,9H,1-4H2. The first-order valence-electron chi connectivity index (χ1n) is 3.85. The fraction of sp³-hybridized carbons (Fsp3) is 1.00. The van der Waals surface area contributed by atoms with Gasteiger partial charge in [0.15, 0.2) is 5.79 Å². The van der Waals surface area contributed by atoms with Crippen LogP contribution in [0, 0.1) is 0 Å². The molecule has 1 spiro atoms. The van der Waals surface area contributed by atoms with Crippen LogP contribution in [-0.4, -0.2) is 35.0 Å². The Morgan fingerprint density at radius 1 is 1.36 bits per heavy atom. The van der Waals surface area contributed by atoms with E-state index in [0.29, 0.717) is 13.2 Å². The van der Waals surface area contributed by atoms with Crippen LogP contribution in [0.15, 0.2) is 0 Å². The first-order valence-corrected chi connectivity index (χ1v) is 4.76. The van der Waals surface area contributed by atoms with Crippen molar-refractivity contribution < 1.29 is 14.6 Å². The van der Waals surface area contributed by atoms with Crippen molar-refractivity contribution in [1.29, 1.82) is 0 Å². The lowest BCUT2D eigenvalue weighted by Gasteiger charge is -2.25. The molecule has 0 bridgehead atoms. The van der Waals surface area contributed by atoms with Crippen LogP contribution in [0.1, 0.15) is 12.8 Å². The quantitative estimate of drug-likeness (QED) is 0.612. The van der Waals surface area contributed by atoms with E-state index < -0.39 is 5.79 Å². The van der Waals surface area contributed by atoms with Gasteiger partial charge in [-0.05, 0) is 6.42 Å². The summed E-state index contributed by atoms with van der Waals surface area (Å²) in [6, 6.07) is 0. The summed E-state index contributed by atoms with van der Waals surface area (Å²) in [6.07, 6.45) is 1.23. The number of ether oxygens (including phenoxy) is 2. The third-order valence-corrected chi connectivity index (χ3v) is 3.63. The molecular formula is C7H11BrO3. The molecule has 1 aliphatic heterocycles. The maximum atomic E-state index is 9.42. The first kappa shape index (κ1) is 7.98. The van der Waals surface area contributed by atoms with Crippen LogP contribution in [0.2, 0.25) is 0 Å². The predicted octanol–water partition coefficient (Wildman–Crippen LogP) is 0.648. The summed E-state index contributed by atoms with van der Waals surface area (Å²) in [6.45, 7) is 1.30. The summed E-state index contributed by atoms with van der Waals surface area (Å²) in [5.74, 6) is -0.514. The molecule has 0 amide bonds. The summed E-state index contributed by atoms with van der Waals surface area (Å²) in [7, 11) is 0. The zero-order valence-electron chi connectivity index (χ0n) is 6.12. The van der Waals surface area contributed by atoms with Crippen molar-refractivity contribution in [3.63, 3.8) is 0 Å². The van der Waals surface area contributed by atoms with Crippen molar-refractivity contribution in [2.45, 2.75) is 29.6 Å². The van der Waals surface area contributed by atoms with E-state index in [1.807, 2.05) is 0 Å². The number of hydrogen-bond acceptors (Lipinski definition) is 3. The highest BCUT2D eigenvalue weighted by atomic mass is 79.9. The molecule has 0 aromatic heterocycles. The third-order valence-electron chi connectivity index (χ3n) is 2.32. The normalized spacial score (nSPS) is 42.0. The van der Waals surface area contributed by atoms with Crippen molar-refractivity contribution >= 4 is 15.9 Å². The lowest BCUT2D eigenvalue weighted by Crippen LogP contribution is -2.38. The lowest BCUT2D eigenvalue weighted by atomic mass is 10.2. The van der Waals surface area contributed by atoms with E-state index in [-0.39, 0.29) is 10.9 Å². The highest BCUT2D eigenvalue weighted by Gasteiger charge is 2.51. The SMILES string of the molecule is OC1CCC2(OCCO2)C1Br. The van der Waals surface area contributed by atoms with Crippen molar-refractivity contribution in [1.82, 2.24) is 0 Å². The van der Waals surface area contributed by atoms with Crippen LogP contribution in [0.4, 0.5) is 0 Å². The Morgan fingerprint density at radius 3 is 2.45 bits per heavy atom. The van der Waals surface area contributed by atoms with Gasteiger partial charge in [0, 0.05) is 6.42 Å². The van der Waals surface area contributed by atoms with Gasteiger partial charge in [-0.15, -0.1) is 0 Å². The monoisotopic (exact) mass is 222 g/mol. The van der Waals surface area contributed by atoms with Gasteiger partial charge in [0.05, 0.1) is 24.1 Å². The number of aliphatic hydroxyl groups is 1. The molecule has 1 saturated carbocycles. The second kappa shape index (κ2) is 2.69. The molecule has 0 radical (unpaired) electrons. The molecular weight excluding hydrogens is 212 g/mol. The Hall–Kier alpha value is 0.360. The van der Waals surface area contributed by atoms with Crippen molar-refractivity contribution in [2.24, 2.45) is 0 Å². The summed E-state index contributed by atoms with van der Waals surface area (Å²) in [4.78, 5) is -0.0579. The summed E-state index contributed by atoms with van der Waals surface area (Å²) in [5.41, 5.74) is 0. The molecule has 2 rings (SSSR count). The van der Waals surface area contributed by atoms with Gasteiger partial charge in [-0.2, -0.15) is 0 Å². The fourth-order valence-electron chi connectivity index (χ4n) is 1.70. The van der Waals surface area contributed by atoms with Gasteiger partial charge in [-0.25, -0.2) is 0 Å². The highest BCUT2D eigenvalue weighted by Crippen LogP contribution is 2.41. The van der Waals surface area contributed by atoms with E-state index in [1.165, 1.54) is 0 Å². The number of halogens is 1. The number of hydrogen-bond donors (Lipinski definition) is 1. The summed E-state index contributed by atoms with van der Waals surface area (Å²) >= 11 is 3.39. The second-order valence-corrected chi connectivity index (χ2v) is 4.00. The van der Waals surface area contributed by atoms with Gasteiger partial charge >= 0.3 is 0 Å². The number of alkyl halides is 1. The Balaban J connectivity index is 2.13. The smallest absolute Gasteiger partial charge is 0.183 e. The van der Waals surface area contributed by atoms with Crippen LogP contribution in [-0.2, 0) is 9.47 Å². The van der Waals surface area contributed by atoms with Gasteiger partial charge in [0.2, 0.25) is 0 Å². The fourth-order valence-corrected chi connectivity index (χ4v) is 2.46. The minimum absolute atomic E-state index is 0.0579. The Kier molecular flexibility index (Phi) is 1.95. The Bertz CT molecular complexity index is 156. The molecule has 1 heterocycles. The largest absolute Gasteiger partial charge is 0.392 e. The van der Waals surface area contributed by atoms with Crippen molar-refractivity contribution in [3.05, 3.63) is 0 Å². The van der Waals surface area contributed by atoms with Gasteiger partial charge in [0.1, 0.15) is 0 Å². The second-order valence-electron chi connectivity index (χ2n) is 3.02.